The molecule has 0 bridgehead atoms. The molecule has 3 aromatic rings. The predicted octanol–water partition coefficient (Wildman–Crippen LogP) is 3.30. The number of phenols is 1. The van der Waals surface area contributed by atoms with Gasteiger partial charge in [-0.25, -0.2) is 4.79 Å². The van der Waals surface area contributed by atoms with Crippen molar-refractivity contribution in [1.82, 2.24) is 19.7 Å². The Hall–Kier alpha value is -3.55. The molecule has 0 saturated heterocycles. The molecular weight excluding hydrogens is 370 g/mol. The van der Waals surface area contributed by atoms with Crippen molar-refractivity contribution in [2.24, 2.45) is 7.05 Å². The smallest absolute Gasteiger partial charge is 0.342 e. The molecule has 2 heterocycles. The normalized spacial score (nSPS) is 13.3. The third-order valence-corrected chi connectivity index (χ3v) is 4.96. The summed E-state index contributed by atoms with van der Waals surface area (Å²) in [4.78, 5) is 24.8. The third kappa shape index (κ3) is 3.73. The van der Waals surface area contributed by atoms with Gasteiger partial charge in [-0.2, -0.15) is 9.78 Å². The molecule has 1 aliphatic carbocycles. The van der Waals surface area contributed by atoms with Crippen LogP contribution in [0.2, 0.25) is 0 Å². The van der Waals surface area contributed by atoms with E-state index in [4.69, 9.17) is 0 Å². The average molecular weight is 393 g/mol. The lowest BCUT2D eigenvalue weighted by Gasteiger charge is -2.09. The number of carbonyl (C=O) groups excluding carboxylic acids is 2. The first-order chi connectivity index (χ1) is 14.0. The monoisotopic (exact) mass is 393 g/mol. The first kappa shape index (κ1) is 18.8. The predicted molar refractivity (Wildman–Crippen MR) is 109 cm³/mol. The minimum atomic E-state index is -0.284. The van der Waals surface area contributed by atoms with E-state index in [0.29, 0.717) is 35.1 Å². The molecule has 0 radical (unpaired) electrons. The Bertz CT molecular complexity index is 1080. The molecule has 3 N–H and O–H groups in total. The van der Waals surface area contributed by atoms with Gasteiger partial charge in [-0.3, -0.25) is 4.79 Å². The maximum absolute atomic E-state index is 12.5. The lowest BCUT2D eigenvalue weighted by atomic mass is 10.1. The number of amides is 2. The molecule has 1 aliphatic rings. The lowest BCUT2D eigenvalue weighted by Crippen LogP contribution is -2.30. The van der Waals surface area contributed by atoms with E-state index in [9.17, 15) is 14.7 Å². The molecule has 2 aromatic heterocycles. The van der Waals surface area contributed by atoms with Crippen LogP contribution in [0.3, 0.4) is 0 Å². The first-order valence-electron chi connectivity index (χ1n) is 9.62. The number of carbonyl (C=O) groups is 2. The lowest BCUT2D eigenvalue weighted by molar-refractivity contribution is 0.101. The summed E-state index contributed by atoms with van der Waals surface area (Å²) in [6.07, 6.45) is 3.83. The number of nitrogens with one attached hydrogen (secondary N) is 2. The van der Waals surface area contributed by atoms with E-state index >= 15 is 0 Å². The highest BCUT2D eigenvalue weighted by Crippen LogP contribution is 2.42. The second-order valence-corrected chi connectivity index (χ2v) is 7.17. The van der Waals surface area contributed by atoms with Crippen molar-refractivity contribution in [2.75, 3.05) is 11.9 Å². The quantitative estimate of drug-likeness (QED) is 0.579. The van der Waals surface area contributed by atoms with Crippen molar-refractivity contribution in [3.63, 3.8) is 0 Å². The maximum atomic E-state index is 12.5. The standard InChI is InChI=1S/C21H23N5O3/c1-3-22-21(29)26-18(13-6-7-13)12-16(24-26)15-11-14(8-9-19(15)27)23-20(28)17-5-4-10-25(17)2/h4-5,8-13,27H,3,6-7H2,1-2H3,(H,22,29)(H,23,28). The number of anilines is 1. The second-order valence-electron chi connectivity index (χ2n) is 7.17. The van der Waals surface area contributed by atoms with Gasteiger partial charge in [0.1, 0.15) is 11.4 Å². The van der Waals surface area contributed by atoms with Crippen molar-refractivity contribution >= 4 is 17.6 Å². The Morgan fingerprint density at radius 2 is 2.03 bits per heavy atom. The Balaban J connectivity index is 1.66. The number of nitrogens with zero attached hydrogens (tertiary/aromatic N) is 3. The van der Waals surface area contributed by atoms with Crippen LogP contribution in [0.15, 0.2) is 42.6 Å². The van der Waals surface area contributed by atoms with Crippen LogP contribution in [-0.2, 0) is 7.05 Å². The summed E-state index contributed by atoms with van der Waals surface area (Å²) in [5.74, 6) is 0.0895. The number of rotatable bonds is 5. The van der Waals surface area contributed by atoms with Gasteiger partial charge in [-0.1, -0.05) is 0 Å². The summed E-state index contributed by atoms with van der Waals surface area (Å²) >= 11 is 0. The van der Waals surface area contributed by atoms with Crippen LogP contribution in [-0.4, -0.2) is 37.9 Å². The molecule has 8 nitrogen and oxygen atoms in total. The number of aryl methyl sites for hydroxylation is 1. The zero-order valence-corrected chi connectivity index (χ0v) is 16.3. The zero-order valence-electron chi connectivity index (χ0n) is 16.3. The van der Waals surface area contributed by atoms with Crippen molar-refractivity contribution in [1.29, 1.82) is 0 Å². The summed E-state index contributed by atoms with van der Waals surface area (Å²) in [6.45, 7) is 2.36. The van der Waals surface area contributed by atoms with E-state index in [1.807, 2.05) is 13.0 Å². The molecule has 1 saturated carbocycles. The van der Waals surface area contributed by atoms with Crippen LogP contribution < -0.4 is 10.6 Å². The number of aromatic hydroxyl groups is 1. The minimum Gasteiger partial charge on any atom is -0.507 e. The van der Waals surface area contributed by atoms with Crippen LogP contribution in [0.4, 0.5) is 10.5 Å². The number of hydrogen-bond donors (Lipinski definition) is 3. The molecule has 4 rings (SSSR count). The fourth-order valence-electron chi connectivity index (χ4n) is 3.30. The molecule has 0 spiro atoms. The summed E-state index contributed by atoms with van der Waals surface area (Å²) in [5.41, 5.74) is 2.84. The van der Waals surface area contributed by atoms with Gasteiger partial charge >= 0.3 is 6.03 Å². The second kappa shape index (κ2) is 7.46. The van der Waals surface area contributed by atoms with Crippen molar-refractivity contribution in [3.05, 3.63) is 54.0 Å². The molecule has 2 amide bonds. The summed E-state index contributed by atoms with van der Waals surface area (Å²) < 4.78 is 3.11. The van der Waals surface area contributed by atoms with Crippen LogP contribution in [0, 0.1) is 0 Å². The Morgan fingerprint density at radius 3 is 2.69 bits per heavy atom. The maximum Gasteiger partial charge on any atom is 0.342 e. The molecule has 1 fully saturated rings. The Labute approximate surface area is 168 Å². The number of benzene rings is 1. The Kier molecular flexibility index (Phi) is 4.84. The minimum absolute atomic E-state index is 0.0322. The van der Waals surface area contributed by atoms with Gasteiger partial charge in [-0.05, 0) is 56.2 Å². The van der Waals surface area contributed by atoms with E-state index < -0.39 is 0 Å². The molecule has 8 heteroatoms. The van der Waals surface area contributed by atoms with E-state index in [1.165, 1.54) is 10.7 Å². The molecule has 0 aliphatic heterocycles. The van der Waals surface area contributed by atoms with E-state index in [1.54, 1.807) is 42.1 Å². The van der Waals surface area contributed by atoms with Crippen molar-refractivity contribution < 1.29 is 14.7 Å². The molecule has 29 heavy (non-hydrogen) atoms. The molecule has 150 valence electrons. The van der Waals surface area contributed by atoms with E-state index in [-0.39, 0.29) is 17.7 Å². The molecular formula is C21H23N5O3. The highest BCUT2D eigenvalue weighted by atomic mass is 16.3. The van der Waals surface area contributed by atoms with Gasteiger partial charge in [-0.15, -0.1) is 0 Å². The van der Waals surface area contributed by atoms with Crippen LogP contribution in [0.5, 0.6) is 5.75 Å². The van der Waals surface area contributed by atoms with E-state index in [0.717, 1.165) is 18.5 Å². The van der Waals surface area contributed by atoms with Gasteiger partial charge in [0.05, 0.1) is 11.4 Å². The fraction of sp³-hybridized carbons (Fsp3) is 0.286. The van der Waals surface area contributed by atoms with Crippen LogP contribution >= 0.6 is 0 Å². The van der Waals surface area contributed by atoms with Gasteiger partial charge in [0.15, 0.2) is 0 Å². The van der Waals surface area contributed by atoms with Gasteiger partial charge in [0, 0.05) is 37.0 Å². The summed E-state index contributed by atoms with van der Waals surface area (Å²) in [5, 5.41) is 20.4. The number of phenolic OH excluding ortho intramolecular Hbond substituents is 1. The van der Waals surface area contributed by atoms with E-state index in [2.05, 4.69) is 15.7 Å². The van der Waals surface area contributed by atoms with Crippen LogP contribution in [0.1, 0.15) is 41.9 Å². The van der Waals surface area contributed by atoms with Gasteiger partial charge < -0.3 is 20.3 Å². The fourth-order valence-corrected chi connectivity index (χ4v) is 3.30. The topological polar surface area (TPSA) is 101 Å². The third-order valence-electron chi connectivity index (χ3n) is 4.96. The zero-order chi connectivity index (χ0) is 20.5. The SMILES string of the molecule is CCNC(=O)n1nc(-c2cc(NC(=O)c3cccn3C)ccc2O)cc1C1CC1. The Morgan fingerprint density at radius 1 is 1.24 bits per heavy atom. The highest BCUT2D eigenvalue weighted by Gasteiger charge is 2.30. The largest absolute Gasteiger partial charge is 0.507 e. The number of hydrogen-bond acceptors (Lipinski definition) is 4. The van der Waals surface area contributed by atoms with Gasteiger partial charge in [0.25, 0.3) is 5.91 Å². The van der Waals surface area contributed by atoms with Crippen molar-refractivity contribution in [3.8, 4) is 17.0 Å². The summed E-state index contributed by atoms with van der Waals surface area (Å²) in [6, 6.07) is 9.88. The average Bonchev–Trinajstić information content (AvgIpc) is 3.29. The van der Waals surface area contributed by atoms with Crippen molar-refractivity contribution in [2.45, 2.75) is 25.7 Å². The molecule has 0 unspecified atom stereocenters. The van der Waals surface area contributed by atoms with Gasteiger partial charge in [0.2, 0.25) is 0 Å². The van der Waals surface area contributed by atoms with Crippen LogP contribution in [0.25, 0.3) is 11.3 Å². The highest BCUT2D eigenvalue weighted by molar-refractivity contribution is 6.03. The summed E-state index contributed by atoms with van der Waals surface area (Å²) in [7, 11) is 1.80. The first-order valence-corrected chi connectivity index (χ1v) is 9.62. The number of aromatic nitrogens is 3. The molecule has 1 aromatic carbocycles. The molecule has 0 atom stereocenters.